The van der Waals surface area contributed by atoms with Gasteiger partial charge in [0.15, 0.2) is 5.82 Å². The Kier molecular flexibility index (Phi) is 12.1. The second kappa shape index (κ2) is 21.2. The van der Waals surface area contributed by atoms with Gasteiger partial charge in [-0.2, -0.15) is 0 Å². The molecular weight excluding hydrogens is 1110 g/mol. The van der Waals surface area contributed by atoms with Gasteiger partial charge in [0.2, 0.25) is 0 Å². The zero-order valence-corrected chi connectivity index (χ0v) is 49.1. The Morgan fingerprint density at radius 2 is 0.879 bits per heavy atom. The van der Waals surface area contributed by atoms with Gasteiger partial charge in [0.05, 0.1) is 67.4 Å². The first-order chi connectivity index (χ1) is 45.1. The summed E-state index contributed by atoms with van der Waals surface area (Å²) in [6, 6.07) is 110. The molecule has 8 heteroatoms. The molecule has 0 fully saturated rings. The molecule has 0 saturated carbocycles. The van der Waals surface area contributed by atoms with E-state index in [1.807, 2.05) is 29.0 Å². The summed E-state index contributed by atoms with van der Waals surface area (Å²) in [6.07, 6.45) is 7.51. The monoisotopic (exact) mass is 1160 g/mol. The van der Waals surface area contributed by atoms with Crippen LogP contribution in [0, 0.1) is 6.33 Å². The van der Waals surface area contributed by atoms with Gasteiger partial charge in [0, 0.05) is 50.6 Å². The minimum Gasteiger partial charge on any atom is -0.458 e. The van der Waals surface area contributed by atoms with Crippen molar-refractivity contribution in [2.75, 3.05) is 0 Å². The molecule has 12 aromatic carbocycles. The third-order valence-electron chi connectivity index (χ3n) is 17.9. The van der Waals surface area contributed by atoms with Crippen molar-refractivity contribution in [2.45, 2.75) is 0 Å². The van der Waals surface area contributed by atoms with Crippen LogP contribution in [0.2, 0.25) is 0 Å². The lowest BCUT2D eigenvalue weighted by Crippen LogP contribution is -2.30. The van der Waals surface area contributed by atoms with Gasteiger partial charge in [-0.25, -0.2) is 4.98 Å². The molecule has 6 heterocycles. The van der Waals surface area contributed by atoms with Crippen LogP contribution in [0.4, 0.5) is 0 Å². The fraction of sp³-hybridized carbons (Fsp3) is 0. The highest BCUT2D eigenvalue weighted by atomic mass is 16.5. The molecule has 0 aliphatic carbocycles. The van der Waals surface area contributed by atoms with Crippen LogP contribution in [-0.2, 0) is 0 Å². The number of benzene rings is 12. The molecule has 0 radical (unpaired) electrons. The minimum absolute atomic E-state index is 0.637. The first-order valence-corrected chi connectivity index (χ1v) is 30.7. The number of fused-ring (bicyclic) bond motifs is 10. The zero-order valence-electron chi connectivity index (χ0n) is 49.1. The van der Waals surface area contributed by atoms with E-state index in [1.54, 1.807) is 6.20 Å². The molecule has 0 aliphatic heterocycles. The van der Waals surface area contributed by atoms with E-state index in [1.165, 1.54) is 32.7 Å². The summed E-state index contributed by atoms with van der Waals surface area (Å²) in [5.74, 6) is 2.76. The molecule has 0 amide bonds. The summed E-state index contributed by atoms with van der Waals surface area (Å²) in [7, 11) is 0. The highest BCUT2D eigenvalue weighted by Crippen LogP contribution is 2.43. The van der Waals surface area contributed by atoms with Gasteiger partial charge in [-0.15, -0.1) is 0 Å². The predicted molar refractivity (Wildman–Crippen MR) is 371 cm³/mol. The third kappa shape index (κ3) is 8.64. The second-order valence-corrected chi connectivity index (χ2v) is 23.1. The molecule has 18 aromatic rings. The lowest BCUT2D eigenvalue weighted by molar-refractivity contribution is -0.571. The topological polar surface area (TPSA) is 58.6 Å². The molecule has 91 heavy (non-hydrogen) atoms. The van der Waals surface area contributed by atoms with E-state index in [2.05, 4.69) is 316 Å². The largest absolute Gasteiger partial charge is 0.458 e. The average Bonchev–Trinajstić information content (AvgIpc) is 1.60. The standard InChI is InChI=1S/C83H53N7O/c1-4-21-55(22-5-1)59-47-60(56-23-6-2-7-24-56)49-61(48-59)58-39-43-76-71(50-58)69-42-41-63(91-64-45-46-84-82(52-64)87-54-86(77-36-18-19-37-78(77)87)72-32-14-10-27-65(72)57-25-8-3-9-26-57)51-80(69)90(76)81-44-40-62(53-85-81)88-73-33-15-13-30-68(73)70-31-20-38-79(83(70)88)89-74-34-16-11-28-66(74)67-29-12-17-35-75(67)89/h1-53H. The number of nitrogens with zero attached hydrogens (tertiary/aromatic N) is 7. The smallest absolute Gasteiger partial charge is 0.271 e. The van der Waals surface area contributed by atoms with Crippen LogP contribution in [0.3, 0.4) is 0 Å². The van der Waals surface area contributed by atoms with E-state index in [0.29, 0.717) is 17.3 Å². The maximum absolute atomic E-state index is 6.95. The van der Waals surface area contributed by atoms with Gasteiger partial charge in [-0.3, -0.25) is 18.7 Å². The van der Waals surface area contributed by atoms with E-state index < -0.39 is 0 Å². The van der Waals surface area contributed by atoms with Gasteiger partial charge in [-0.1, -0.05) is 206 Å². The first kappa shape index (κ1) is 51.8. The number of hydrogen-bond donors (Lipinski definition) is 0. The van der Waals surface area contributed by atoms with Crippen LogP contribution < -0.4 is 9.30 Å². The Morgan fingerprint density at radius 1 is 0.319 bits per heavy atom. The van der Waals surface area contributed by atoms with E-state index in [0.717, 1.165) is 111 Å². The van der Waals surface area contributed by atoms with E-state index >= 15 is 0 Å². The van der Waals surface area contributed by atoms with Gasteiger partial charge in [0.25, 0.3) is 6.33 Å². The Balaban J connectivity index is 0.785. The molecule has 18 rings (SSSR count). The second-order valence-electron chi connectivity index (χ2n) is 23.1. The highest BCUT2D eigenvalue weighted by molar-refractivity contribution is 6.15. The molecule has 0 spiro atoms. The number of aromatic nitrogens is 7. The van der Waals surface area contributed by atoms with Crippen LogP contribution >= 0.6 is 0 Å². The maximum atomic E-state index is 6.95. The van der Waals surface area contributed by atoms with E-state index in [-0.39, 0.29) is 0 Å². The Hall–Kier alpha value is -12.4. The van der Waals surface area contributed by atoms with Crippen LogP contribution in [0.15, 0.2) is 322 Å². The molecular formula is C83H53N7O. The maximum Gasteiger partial charge on any atom is 0.271 e. The molecule has 8 nitrogen and oxygen atoms in total. The molecule has 0 saturated heterocycles. The van der Waals surface area contributed by atoms with Crippen molar-refractivity contribution in [1.29, 1.82) is 0 Å². The summed E-state index contributed by atoms with van der Waals surface area (Å²) >= 11 is 0. The van der Waals surface area contributed by atoms with Crippen molar-refractivity contribution in [3.63, 3.8) is 0 Å². The lowest BCUT2D eigenvalue weighted by atomic mass is 9.93. The van der Waals surface area contributed by atoms with Crippen molar-refractivity contribution in [3.05, 3.63) is 328 Å². The van der Waals surface area contributed by atoms with Crippen LogP contribution in [0.25, 0.3) is 150 Å². The summed E-state index contributed by atoms with van der Waals surface area (Å²) in [5.41, 5.74) is 20.7. The van der Waals surface area contributed by atoms with Gasteiger partial charge in [0.1, 0.15) is 17.3 Å². The number of para-hydroxylation sites is 7. The van der Waals surface area contributed by atoms with Crippen LogP contribution in [0.1, 0.15) is 0 Å². The molecule has 0 unspecified atom stereocenters. The van der Waals surface area contributed by atoms with Crippen molar-refractivity contribution in [3.8, 4) is 84.7 Å². The lowest BCUT2D eigenvalue weighted by Gasteiger charge is -2.15. The number of ether oxygens (including phenoxy) is 1. The fourth-order valence-electron chi connectivity index (χ4n) is 13.8. The molecule has 6 aromatic heterocycles. The van der Waals surface area contributed by atoms with Crippen LogP contribution in [-0.4, -0.2) is 28.2 Å². The Morgan fingerprint density at radius 3 is 1.57 bits per heavy atom. The van der Waals surface area contributed by atoms with Crippen LogP contribution in [0.5, 0.6) is 11.5 Å². The minimum atomic E-state index is 0.637. The first-order valence-electron chi connectivity index (χ1n) is 30.7. The molecule has 0 bridgehead atoms. The normalized spacial score (nSPS) is 11.7. The SMILES string of the molecule is [c-]1n(-c2cc(Oc3ccc4c5cc(-c6cc(-c7ccccc7)cc(-c7ccccc7)c6)ccc5n(-c5ccc(-n6c7ccccc7c7cccc(-n8c9ccccc9c9ccccc98)c76)cn5)c4c3)ccn2)c2ccccc2[n+]1-c1ccccc1-c1ccccc1. The summed E-state index contributed by atoms with van der Waals surface area (Å²) < 4.78 is 18.2. The number of pyridine rings is 2. The molecule has 0 atom stereocenters. The molecule has 426 valence electrons. The van der Waals surface area contributed by atoms with E-state index in [9.17, 15) is 0 Å². The fourth-order valence-corrected chi connectivity index (χ4v) is 13.8. The van der Waals surface area contributed by atoms with E-state index in [4.69, 9.17) is 14.7 Å². The number of rotatable bonds is 11. The quantitative estimate of drug-likeness (QED) is 0.0958. The number of imidazole rings is 1. The highest BCUT2D eigenvalue weighted by Gasteiger charge is 2.23. The average molecular weight is 1160 g/mol. The van der Waals surface area contributed by atoms with Crippen molar-refractivity contribution in [1.82, 2.24) is 28.2 Å². The van der Waals surface area contributed by atoms with Crippen molar-refractivity contribution < 1.29 is 9.30 Å². The van der Waals surface area contributed by atoms with Gasteiger partial charge in [-0.05, 0) is 136 Å². The van der Waals surface area contributed by atoms with Gasteiger partial charge < -0.3 is 13.9 Å². The summed E-state index contributed by atoms with van der Waals surface area (Å²) in [6.45, 7) is 0. The number of hydrogen-bond acceptors (Lipinski definition) is 3. The summed E-state index contributed by atoms with van der Waals surface area (Å²) in [4.78, 5) is 10.4. The summed E-state index contributed by atoms with van der Waals surface area (Å²) in [5, 5.41) is 6.95. The zero-order chi connectivity index (χ0) is 59.9. The van der Waals surface area contributed by atoms with Crippen molar-refractivity contribution >= 4 is 76.5 Å². The Bertz CT molecular complexity index is 5750. The molecule has 0 aliphatic rings. The third-order valence-corrected chi connectivity index (χ3v) is 17.9. The van der Waals surface area contributed by atoms with Crippen molar-refractivity contribution in [2.24, 2.45) is 0 Å². The molecule has 0 N–H and O–H groups in total. The predicted octanol–water partition coefficient (Wildman–Crippen LogP) is 20.2. The van der Waals surface area contributed by atoms with Gasteiger partial charge >= 0.3 is 0 Å². The Labute approximate surface area is 523 Å².